The van der Waals surface area contributed by atoms with E-state index >= 15 is 0 Å². The van der Waals surface area contributed by atoms with Gasteiger partial charge in [-0.1, -0.05) is 40.5 Å². The van der Waals surface area contributed by atoms with Gasteiger partial charge in [0.05, 0.1) is 6.42 Å². The average molecular weight is 323 g/mol. The van der Waals surface area contributed by atoms with Gasteiger partial charge in [0.25, 0.3) is 0 Å². The van der Waals surface area contributed by atoms with E-state index in [1.807, 2.05) is 6.92 Å². The van der Waals surface area contributed by atoms with E-state index < -0.39 is 5.82 Å². The van der Waals surface area contributed by atoms with Gasteiger partial charge < -0.3 is 5.32 Å². The van der Waals surface area contributed by atoms with Gasteiger partial charge in [0.2, 0.25) is 5.91 Å². The number of alkyl halides is 1. The molecule has 1 aromatic carbocycles. The van der Waals surface area contributed by atoms with Crippen molar-refractivity contribution < 1.29 is 9.18 Å². The van der Waals surface area contributed by atoms with Crippen LogP contribution >= 0.6 is 27.5 Å². The third-order valence-electron chi connectivity index (χ3n) is 2.44. The van der Waals surface area contributed by atoms with E-state index in [1.54, 1.807) is 6.07 Å². The summed E-state index contributed by atoms with van der Waals surface area (Å²) in [5, 5.41) is 3.77. The van der Waals surface area contributed by atoms with Crippen molar-refractivity contribution in [1.29, 1.82) is 0 Å². The number of rotatable bonds is 5. The predicted octanol–water partition coefficient (Wildman–Crippen LogP) is 3.31. The van der Waals surface area contributed by atoms with E-state index in [4.69, 9.17) is 11.6 Å². The van der Waals surface area contributed by atoms with Crippen LogP contribution in [0, 0.1) is 5.82 Å². The standard InChI is InChI=1S/C12H14BrClFNO/c1-2-8(7-13)16-12(17)6-9-10(14)4-3-5-11(9)15/h3-5,8H,2,6-7H2,1H3,(H,16,17). The van der Waals surface area contributed by atoms with Crippen LogP contribution in [0.4, 0.5) is 4.39 Å². The Labute approximate surface area is 114 Å². The molecule has 1 amide bonds. The van der Waals surface area contributed by atoms with Crippen LogP contribution in [-0.2, 0) is 11.2 Å². The highest BCUT2D eigenvalue weighted by Gasteiger charge is 2.14. The van der Waals surface area contributed by atoms with Gasteiger partial charge in [-0.15, -0.1) is 0 Å². The molecule has 0 bridgehead atoms. The first kappa shape index (κ1) is 14.5. The summed E-state index contributed by atoms with van der Waals surface area (Å²) in [7, 11) is 0. The highest BCUT2D eigenvalue weighted by molar-refractivity contribution is 9.09. The van der Waals surface area contributed by atoms with Crippen LogP contribution in [0.25, 0.3) is 0 Å². The van der Waals surface area contributed by atoms with E-state index in [9.17, 15) is 9.18 Å². The topological polar surface area (TPSA) is 29.1 Å². The molecule has 1 aromatic rings. The zero-order valence-electron chi connectivity index (χ0n) is 9.47. The Morgan fingerprint density at radius 2 is 2.29 bits per heavy atom. The second-order valence-corrected chi connectivity index (χ2v) is 4.76. The molecule has 1 N–H and O–H groups in total. The van der Waals surface area contributed by atoms with Crippen molar-refractivity contribution in [3.63, 3.8) is 0 Å². The van der Waals surface area contributed by atoms with Crippen LogP contribution < -0.4 is 5.32 Å². The van der Waals surface area contributed by atoms with Gasteiger partial charge >= 0.3 is 0 Å². The van der Waals surface area contributed by atoms with E-state index in [-0.39, 0.29) is 29.0 Å². The Morgan fingerprint density at radius 3 is 2.82 bits per heavy atom. The van der Waals surface area contributed by atoms with Crippen molar-refractivity contribution >= 4 is 33.4 Å². The van der Waals surface area contributed by atoms with Crippen LogP contribution in [0.2, 0.25) is 5.02 Å². The van der Waals surface area contributed by atoms with Gasteiger partial charge in [0.15, 0.2) is 0 Å². The summed E-state index contributed by atoms with van der Waals surface area (Å²) in [6, 6.07) is 4.46. The number of hydrogen-bond acceptors (Lipinski definition) is 1. The summed E-state index contributed by atoms with van der Waals surface area (Å²) >= 11 is 9.15. The number of amides is 1. The Hall–Kier alpha value is -0.610. The van der Waals surface area contributed by atoms with Crippen molar-refractivity contribution in [2.75, 3.05) is 5.33 Å². The fourth-order valence-corrected chi connectivity index (χ4v) is 2.24. The molecule has 0 heterocycles. The molecule has 0 aliphatic carbocycles. The summed E-state index contributed by atoms with van der Waals surface area (Å²) in [6.07, 6.45) is 0.789. The SMILES string of the molecule is CCC(CBr)NC(=O)Cc1c(F)cccc1Cl. The lowest BCUT2D eigenvalue weighted by Crippen LogP contribution is -2.36. The molecule has 0 fully saturated rings. The zero-order valence-corrected chi connectivity index (χ0v) is 11.8. The lowest BCUT2D eigenvalue weighted by Gasteiger charge is -2.14. The monoisotopic (exact) mass is 321 g/mol. The quantitative estimate of drug-likeness (QED) is 0.828. The van der Waals surface area contributed by atoms with Crippen molar-refractivity contribution in [2.24, 2.45) is 0 Å². The highest BCUT2D eigenvalue weighted by Crippen LogP contribution is 2.19. The molecule has 2 nitrogen and oxygen atoms in total. The lowest BCUT2D eigenvalue weighted by atomic mass is 10.1. The third-order valence-corrected chi connectivity index (χ3v) is 3.58. The third kappa shape index (κ3) is 4.28. The van der Waals surface area contributed by atoms with E-state index in [2.05, 4.69) is 21.2 Å². The minimum absolute atomic E-state index is 0.0327. The number of carbonyl (C=O) groups is 1. The van der Waals surface area contributed by atoms with Gasteiger partial charge in [0.1, 0.15) is 5.82 Å². The maximum Gasteiger partial charge on any atom is 0.224 e. The first-order valence-electron chi connectivity index (χ1n) is 5.36. The van der Waals surface area contributed by atoms with Crippen molar-refractivity contribution in [1.82, 2.24) is 5.32 Å². The molecule has 0 radical (unpaired) electrons. The Bertz CT molecular complexity index is 376. The minimum Gasteiger partial charge on any atom is -0.352 e. The van der Waals surface area contributed by atoms with Crippen molar-refractivity contribution in [3.8, 4) is 0 Å². The van der Waals surface area contributed by atoms with Crippen LogP contribution in [-0.4, -0.2) is 17.3 Å². The highest BCUT2D eigenvalue weighted by atomic mass is 79.9. The van der Waals surface area contributed by atoms with Crippen molar-refractivity contribution in [2.45, 2.75) is 25.8 Å². The fraction of sp³-hybridized carbons (Fsp3) is 0.417. The summed E-state index contributed by atoms with van der Waals surface area (Å²) in [5.74, 6) is -0.664. The molecule has 1 unspecified atom stereocenters. The Balaban J connectivity index is 2.68. The number of carbonyl (C=O) groups excluding carboxylic acids is 1. The smallest absolute Gasteiger partial charge is 0.224 e. The maximum atomic E-state index is 13.4. The zero-order chi connectivity index (χ0) is 12.8. The molecule has 0 aromatic heterocycles. The van der Waals surface area contributed by atoms with Gasteiger partial charge in [-0.2, -0.15) is 0 Å². The molecule has 0 saturated carbocycles. The summed E-state index contributed by atoms with van der Waals surface area (Å²) in [6.45, 7) is 1.97. The molecule has 94 valence electrons. The van der Waals surface area contributed by atoms with Gasteiger partial charge in [-0.3, -0.25) is 4.79 Å². The molecule has 5 heteroatoms. The second kappa shape index (κ2) is 6.97. The van der Waals surface area contributed by atoms with E-state index in [1.165, 1.54) is 12.1 Å². The molecular weight excluding hydrogens is 308 g/mol. The van der Waals surface area contributed by atoms with Gasteiger partial charge in [-0.25, -0.2) is 4.39 Å². The molecule has 17 heavy (non-hydrogen) atoms. The number of hydrogen-bond donors (Lipinski definition) is 1. The lowest BCUT2D eigenvalue weighted by molar-refractivity contribution is -0.121. The van der Waals surface area contributed by atoms with E-state index in [0.29, 0.717) is 5.33 Å². The van der Waals surface area contributed by atoms with E-state index in [0.717, 1.165) is 6.42 Å². The molecule has 1 rings (SSSR count). The molecule has 0 aliphatic rings. The van der Waals surface area contributed by atoms with Crippen molar-refractivity contribution in [3.05, 3.63) is 34.6 Å². The number of halogens is 3. The van der Waals surface area contributed by atoms with Crippen LogP contribution in [0.15, 0.2) is 18.2 Å². The molecular formula is C12H14BrClFNO. The fourth-order valence-electron chi connectivity index (χ4n) is 1.39. The van der Waals surface area contributed by atoms with Crippen LogP contribution in [0.5, 0.6) is 0 Å². The molecule has 0 saturated heterocycles. The number of benzene rings is 1. The predicted molar refractivity (Wildman–Crippen MR) is 71.1 cm³/mol. The summed E-state index contributed by atoms with van der Waals surface area (Å²) < 4.78 is 13.4. The maximum absolute atomic E-state index is 13.4. The Kier molecular flexibility index (Phi) is 5.92. The first-order valence-corrected chi connectivity index (χ1v) is 6.86. The Morgan fingerprint density at radius 1 is 1.59 bits per heavy atom. The van der Waals surface area contributed by atoms with Crippen LogP contribution in [0.3, 0.4) is 0 Å². The van der Waals surface area contributed by atoms with Gasteiger partial charge in [0, 0.05) is 22.0 Å². The minimum atomic E-state index is -0.445. The summed E-state index contributed by atoms with van der Waals surface area (Å²) in [5.41, 5.74) is 0.246. The largest absolute Gasteiger partial charge is 0.352 e. The second-order valence-electron chi connectivity index (χ2n) is 3.70. The molecule has 0 spiro atoms. The average Bonchev–Trinajstić information content (AvgIpc) is 2.31. The number of nitrogens with one attached hydrogen (secondary N) is 1. The van der Waals surface area contributed by atoms with Crippen LogP contribution in [0.1, 0.15) is 18.9 Å². The first-order chi connectivity index (χ1) is 8.08. The molecule has 1 atom stereocenters. The van der Waals surface area contributed by atoms with Gasteiger partial charge in [-0.05, 0) is 18.6 Å². The summed E-state index contributed by atoms with van der Waals surface area (Å²) in [4.78, 5) is 11.7. The normalized spacial score (nSPS) is 12.2. The molecule has 0 aliphatic heterocycles.